The van der Waals surface area contributed by atoms with Gasteiger partial charge in [0, 0.05) is 20.1 Å². The molecule has 1 fully saturated rings. The third-order valence-electron chi connectivity index (χ3n) is 3.04. The van der Waals surface area contributed by atoms with Crippen molar-refractivity contribution in [1.29, 1.82) is 0 Å². The van der Waals surface area contributed by atoms with E-state index in [0.717, 1.165) is 25.0 Å². The van der Waals surface area contributed by atoms with Crippen molar-refractivity contribution in [3.05, 3.63) is 0 Å². The van der Waals surface area contributed by atoms with Crippen molar-refractivity contribution in [3.8, 4) is 0 Å². The second-order valence-electron chi connectivity index (χ2n) is 4.18. The summed E-state index contributed by atoms with van der Waals surface area (Å²) in [5.74, 6) is 1.48. The highest BCUT2D eigenvalue weighted by Gasteiger charge is 2.18. The van der Waals surface area contributed by atoms with Crippen LogP contribution in [0.1, 0.15) is 32.1 Å². The fraction of sp³-hybridized carbons (Fsp3) is 1.00. The highest BCUT2D eigenvalue weighted by Crippen LogP contribution is 2.27. The number of hydrogen-bond donors (Lipinski definition) is 0. The average Bonchev–Trinajstić information content (AvgIpc) is 2.55. The molecule has 0 N–H and O–H groups in total. The fourth-order valence-electron chi connectivity index (χ4n) is 2.24. The molecule has 1 rings (SSSR count). The van der Waals surface area contributed by atoms with Gasteiger partial charge < -0.3 is 9.47 Å². The van der Waals surface area contributed by atoms with E-state index in [2.05, 4.69) is 11.6 Å². The molecule has 1 saturated carbocycles. The van der Waals surface area contributed by atoms with Crippen molar-refractivity contribution in [2.45, 2.75) is 32.1 Å². The van der Waals surface area contributed by atoms with E-state index >= 15 is 0 Å². The summed E-state index contributed by atoms with van der Waals surface area (Å²) in [6.07, 6.45) is 7.93. The molecule has 0 heterocycles. The molecule has 0 bridgehead atoms. The van der Waals surface area contributed by atoms with Crippen molar-refractivity contribution in [3.63, 3.8) is 0 Å². The minimum atomic E-state index is 0.331. The molecule has 0 aliphatic heterocycles. The van der Waals surface area contributed by atoms with Gasteiger partial charge in [-0.3, -0.25) is 0 Å². The van der Waals surface area contributed by atoms with Gasteiger partial charge in [-0.15, -0.1) is 11.6 Å². The molecule has 0 amide bonds. The lowest BCUT2D eigenvalue weighted by atomic mass is 9.99. The van der Waals surface area contributed by atoms with Gasteiger partial charge in [-0.05, 0) is 37.5 Å². The molecule has 0 spiro atoms. The van der Waals surface area contributed by atoms with Gasteiger partial charge in [-0.25, -0.2) is 0 Å². The van der Waals surface area contributed by atoms with E-state index in [9.17, 15) is 0 Å². The Bertz CT molecular complexity index is 145. The molecule has 1 aliphatic carbocycles. The normalized spacial score (nSPS) is 25.5. The smallest absolute Gasteiger partial charge is 0.120 e. The molecule has 0 aromatic rings. The molecule has 4 heteroatoms. The molecular weight excluding hydrogens is 247 g/mol. The minimum absolute atomic E-state index is 0.331. The lowest BCUT2D eigenvalue weighted by molar-refractivity contribution is 0.123. The van der Waals surface area contributed by atoms with E-state index in [1.165, 1.54) is 38.5 Å². The van der Waals surface area contributed by atoms with Gasteiger partial charge in [0.25, 0.3) is 0 Å². The second-order valence-corrected chi connectivity index (χ2v) is 4.39. The van der Waals surface area contributed by atoms with Crippen LogP contribution in [0, 0.1) is 11.8 Å². The summed E-state index contributed by atoms with van der Waals surface area (Å²) in [5.41, 5.74) is 0. The molecule has 0 aromatic heterocycles. The van der Waals surface area contributed by atoms with Gasteiger partial charge in [-0.1, -0.05) is 18.0 Å². The standard InChI is InChI=1S/C11H21ClO2.CH3Cl/c1-13-7-10-3-2-4-11(6-5-10)8-14-9-12;1-2/h10-11H,2-9H2,1H3;1H3. The highest BCUT2D eigenvalue weighted by atomic mass is 35.5. The van der Waals surface area contributed by atoms with Crippen LogP contribution in [0.5, 0.6) is 0 Å². The van der Waals surface area contributed by atoms with Crippen molar-refractivity contribution in [1.82, 2.24) is 0 Å². The first-order chi connectivity index (χ1) is 7.86. The molecule has 16 heavy (non-hydrogen) atoms. The Morgan fingerprint density at radius 1 is 1.00 bits per heavy atom. The van der Waals surface area contributed by atoms with Crippen LogP contribution in [0.2, 0.25) is 0 Å². The van der Waals surface area contributed by atoms with E-state index < -0.39 is 0 Å². The summed E-state index contributed by atoms with van der Waals surface area (Å²) in [5, 5.41) is 0. The van der Waals surface area contributed by atoms with Crippen LogP contribution < -0.4 is 0 Å². The van der Waals surface area contributed by atoms with E-state index in [4.69, 9.17) is 21.1 Å². The van der Waals surface area contributed by atoms with Crippen LogP contribution in [0.4, 0.5) is 0 Å². The monoisotopic (exact) mass is 270 g/mol. The number of rotatable bonds is 5. The molecule has 1 aliphatic rings. The molecule has 2 nitrogen and oxygen atoms in total. The van der Waals surface area contributed by atoms with Crippen LogP contribution in [-0.4, -0.2) is 32.8 Å². The number of ether oxygens (including phenoxy) is 2. The predicted molar refractivity (Wildman–Crippen MR) is 70.4 cm³/mol. The Hall–Kier alpha value is 0.500. The summed E-state index contributed by atoms with van der Waals surface area (Å²) < 4.78 is 10.5. The summed E-state index contributed by atoms with van der Waals surface area (Å²) in [7, 11) is 1.79. The summed E-state index contributed by atoms with van der Waals surface area (Å²) in [6, 6.07) is 0.331. The number of hydrogen-bond acceptors (Lipinski definition) is 2. The Balaban J connectivity index is 0.00000106. The SMILES string of the molecule is CCl.COCC1CCCC(COCCl)CC1. The molecule has 0 radical (unpaired) electrons. The number of halogens is 2. The molecule has 0 saturated heterocycles. The predicted octanol–water partition coefficient (Wildman–Crippen LogP) is 3.90. The zero-order valence-corrected chi connectivity index (χ0v) is 11.9. The lowest BCUT2D eigenvalue weighted by Gasteiger charge is -2.14. The van der Waals surface area contributed by atoms with Gasteiger partial charge in [0.05, 0.1) is 6.61 Å². The van der Waals surface area contributed by atoms with Crippen molar-refractivity contribution in [2.24, 2.45) is 11.8 Å². The van der Waals surface area contributed by atoms with Crippen LogP contribution in [-0.2, 0) is 9.47 Å². The Morgan fingerprint density at radius 2 is 1.56 bits per heavy atom. The summed E-state index contributed by atoms with van der Waals surface area (Å²) in [4.78, 5) is 0. The Kier molecular flexibility index (Phi) is 12.3. The number of methoxy groups -OCH3 is 1. The van der Waals surface area contributed by atoms with Crippen LogP contribution >= 0.6 is 23.2 Å². The minimum Gasteiger partial charge on any atom is -0.384 e. The molecule has 98 valence electrons. The van der Waals surface area contributed by atoms with Crippen LogP contribution in [0.3, 0.4) is 0 Å². The third kappa shape index (κ3) is 7.72. The zero-order chi connectivity index (χ0) is 12.2. The lowest BCUT2D eigenvalue weighted by Crippen LogP contribution is -2.09. The molecule has 2 unspecified atom stereocenters. The first-order valence-electron chi connectivity index (χ1n) is 5.87. The fourth-order valence-corrected chi connectivity index (χ4v) is 2.32. The quantitative estimate of drug-likeness (QED) is 0.557. The zero-order valence-electron chi connectivity index (χ0n) is 10.4. The topological polar surface area (TPSA) is 18.5 Å². The highest BCUT2D eigenvalue weighted by molar-refractivity contribution is 6.17. The largest absolute Gasteiger partial charge is 0.384 e. The van der Waals surface area contributed by atoms with Gasteiger partial charge in [0.1, 0.15) is 6.07 Å². The molecule has 0 aromatic carbocycles. The Morgan fingerprint density at radius 3 is 2.06 bits per heavy atom. The number of alkyl halides is 2. The van der Waals surface area contributed by atoms with E-state index in [-0.39, 0.29) is 0 Å². The van der Waals surface area contributed by atoms with Gasteiger partial charge in [-0.2, -0.15) is 0 Å². The van der Waals surface area contributed by atoms with Crippen molar-refractivity contribution in [2.75, 3.05) is 32.8 Å². The average molecular weight is 271 g/mol. The summed E-state index contributed by atoms with van der Waals surface area (Å²) >= 11 is 10.1. The van der Waals surface area contributed by atoms with Gasteiger partial charge in [0.2, 0.25) is 0 Å². The van der Waals surface area contributed by atoms with E-state index in [1.54, 1.807) is 7.11 Å². The van der Waals surface area contributed by atoms with Crippen molar-refractivity contribution >= 4 is 23.2 Å². The summed E-state index contributed by atoms with van der Waals surface area (Å²) in [6.45, 7) is 1.76. The third-order valence-corrected chi connectivity index (χ3v) is 3.20. The Labute approximate surface area is 110 Å². The maximum Gasteiger partial charge on any atom is 0.120 e. The first kappa shape index (κ1) is 16.5. The van der Waals surface area contributed by atoms with Crippen LogP contribution in [0.15, 0.2) is 0 Å². The maximum absolute atomic E-state index is 5.50. The second kappa shape index (κ2) is 12.0. The van der Waals surface area contributed by atoms with Crippen molar-refractivity contribution < 1.29 is 9.47 Å². The molecule has 2 atom stereocenters. The molecular formula is C12H24Cl2O2. The van der Waals surface area contributed by atoms with Gasteiger partial charge >= 0.3 is 0 Å². The maximum atomic E-state index is 5.50. The van der Waals surface area contributed by atoms with Gasteiger partial charge in [0.15, 0.2) is 0 Å². The van der Waals surface area contributed by atoms with Crippen LogP contribution in [0.25, 0.3) is 0 Å². The first-order valence-corrected chi connectivity index (χ1v) is 7.16. The van der Waals surface area contributed by atoms with E-state index in [0.29, 0.717) is 6.07 Å². The van der Waals surface area contributed by atoms with E-state index in [1.807, 2.05) is 0 Å².